The zero-order valence-electron chi connectivity index (χ0n) is 18.1. The molecule has 1 atom stereocenters. The average Bonchev–Trinajstić information content (AvgIpc) is 3.30. The van der Waals surface area contributed by atoms with Gasteiger partial charge in [0.15, 0.2) is 5.82 Å². The van der Waals surface area contributed by atoms with E-state index in [1.54, 1.807) is 6.07 Å². The van der Waals surface area contributed by atoms with Crippen LogP contribution in [-0.2, 0) is 4.74 Å². The van der Waals surface area contributed by atoms with Crippen LogP contribution in [0.25, 0.3) is 22.2 Å². The lowest BCUT2D eigenvalue weighted by atomic mass is 10.1. The molecule has 1 saturated heterocycles. The first-order valence-corrected chi connectivity index (χ1v) is 10.9. The lowest BCUT2D eigenvalue weighted by molar-refractivity contribution is -0.115. The highest BCUT2D eigenvalue weighted by atomic mass is 35.5. The third-order valence-electron chi connectivity index (χ3n) is 5.11. The molecule has 182 valence electrons. The Kier molecular flexibility index (Phi) is 7.06. The number of ether oxygens (including phenoxy) is 3. The van der Waals surface area contributed by atoms with Crippen molar-refractivity contribution in [3.8, 4) is 22.8 Å². The lowest BCUT2D eigenvalue weighted by Gasteiger charge is -2.17. The fraction of sp³-hybridized carbons (Fsp3) is 0.381. The molecule has 2 N–H and O–H groups in total. The van der Waals surface area contributed by atoms with Gasteiger partial charge in [-0.2, -0.15) is 13.2 Å². The first-order valence-electron chi connectivity index (χ1n) is 10.1. The molecule has 1 aliphatic heterocycles. The summed E-state index contributed by atoms with van der Waals surface area (Å²) in [5.41, 5.74) is 0.631. The molecule has 1 aliphatic rings. The third kappa shape index (κ3) is 5.16. The van der Waals surface area contributed by atoms with E-state index < -0.39 is 12.7 Å². The van der Waals surface area contributed by atoms with Crippen molar-refractivity contribution in [1.82, 2.24) is 15.0 Å². The van der Waals surface area contributed by atoms with Gasteiger partial charge in [-0.05, 0) is 12.5 Å². The van der Waals surface area contributed by atoms with E-state index in [2.05, 4.69) is 25.6 Å². The zero-order chi connectivity index (χ0) is 24.5. The number of nitrogens with zero attached hydrogens (tertiary/aromatic N) is 3. The van der Waals surface area contributed by atoms with Gasteiger partial charge >= 0.3 is 6.18 Å². The number of alkyl halides is 3. The first kappa shape index (κ1) is 24.4. The Morgan fingerprint density at radius 2 is 1.82 bits per heavy atom. The predicted molar refractivity (Wildman–Crippen MR) is 123 cm³/mol. The molecule has 2 aromatic heterocycles. The van der Waals surface area contributed by atoms with E-state index in [1.165, 1.54) is 26.5 Å². The normalized spacial score (nSPS) is 16.0. The lowest BCUT2D eigenvalue weighted by Crippen LogP contribution is -2.22. The smallest absolute Gasteiger partial charge is 0.405 e. The van der Waals surface area contributed by atoms with Crippen molar-refractivity contribution >= 4 is 45.9 Å². The highest BCUT2D eigenvalue weighted by Crippen LogP contribution is 2.46. The Labute approximate surface area is 202 Å². The molecular formula is C21H20Cl2F3N5O3. The number of hydrogen-bond acceptors (Lipinski definition) is 8. The van der Waals surface area contributed by atoms with Gasteiger partial charge in [-0.25, -0.2) is 15.0 Å². The van der Waals surface area contributed by atoms with Crippen LogP contribution in [0.15, 0.2) is 18.3 Å². The molecule has 1 aromatic carbocycles. The van der Waals surface area contributed by atoms with E-state index in [0.717, 1.165) is 6.42 Å². The minimum Gasteiger partial charge on any atom is -0.495 e. The molecule has 1 fully saturated rings. The van der Waals surface area contributed by atoms with E-state index in [-0.39, 0.29) is 56.1 Å². The molecule has 0 saturated carbocycles. The SMILES string of the molecule is COc1cc(OC)c(Cl)c(-c2cc3cnc(NC4CCOC4)nc3c(NCC(F)(F)F)n2)c1Cl. The van der Waals surface area contributed by atoms with Gasteiger partial charge in [0.05, 0.1) is 42.6 Å². The molecule has 34 heavy (non-hydrogen) atoms. The van der Waals surface area contributed by atoms with Gasteiger partial charge in [0.25, 0.3) is 0 Å². The Balaban J connectivity index is 1.85. The number of pyridine rings is 1. The molecule has 4 rings (SSSR count). The van der Waals surface area contributed by atoms with E-state index in [4.69, 9.17) is 37.4 Å². The van der Waals surface area contributed by atoms with Crippen LogP contribution in [0.2, 0.25) is 10.0 Å². The van der Waals surface area contributed by atoms with Crippen LogP contribution in [0.5, 0.6) is 11.5 Å². The molecule has 1 unspecified atom stereocenters. The fourth-order valence-corrected chi connectivity index (χ4v) is 4.18. The summed E-state index contributed by atoms with van der Waals surface area (Å²) >= 11 is 13.0. The van der Waals surface area contributed by atoms with E-state index in [9.17, 15) is 13.2 Å². The highest BCUT2D eigenvalue weighted by molar-refractivity contribution is 6.41. The number of rotatable bonds is 7. The summed E-state index contributed by atoms with van der Waals surface area (Å²) < 4.78 is 55.0. The fourth-order valence-electron chi connectivity index (χ4n) is 3.49. The number of nitrogens with one attached hydrogen (secondary N) is 2. The summed E-state index contributed by atoms with van der Waals surface area (Å²) in [7, 11) is 2.83. The van der Waals surface area contributed by atoms with Crippen molar-refractivity contribution < 1.29 is 27.4 Å². The number of aromatic nitrogens is 3. The van der Waals surface area contributed by atoms with Crippen LogP contribution in [0.4, 0.5) is 24.9 Å². The van der Waals surface area contributed by atoms with Crippen LogP contribution >= 0.6 is 23.2 Å². The minimum atomic E-state index is -4.48. The van der Waals surface area contributed by atoms with Gasteiger partial charge < -0.3 is 24.8 Å². The Morgan fingerprint density at radius 3 is 2.41 bits per heavy atom. The van der Waals surface area contributed by atoms with Crippen LogP contribution in [0.3, 0.4) is 0 Å². The summed E-state index contributed by atoms with van der Waals surface area (Å²) in [6.07, 6.45) is -2.22. The number of methoxy groups -OCH3 is 2. The van der Waals surface area contributed by atoms with Crippen LogP contribution in [0.1, 0.15) is 6.42 Å². The number of fused-ring (bicyclic) bond motifs is 1. The Morgan fingerprint density at radius 1 is 1.12 bits per heavy atom. The highest BCUT2D eigenvalue weighted by Gasteiger charge is 2.28. The predicted octanol–water partition coefficient (Wildman–Crippen LogP) is 5.19. The summed E-state index contributed by atoms with van der Waals surface area (Å²) in [4.78, 5) is 13.1. The van der Waals surface area contributed by atoms with Crippen molar-refractivity contribution in [2.24, 2.45) is 0 Å². The molecule has 0 bridgehead atoms. The van der Waals surface area contributed by atoms with Crippen molar-refractivity contribution in [3.05, 3.63) is 28.4 Å². The molecule has 0 amide bonds. The molecule has 0 aliphatic carbocycles. The second kappa shape index (κ2) is 9.85. The second-order valence-corrected chi connectivity index (χ2v) is 8.20. The topological polar surface area (TPSA) is 90.4 Å². The van der Waals surface area contributed by atoms with Crippen LogP contribution in [-0.4, -0.2) is 61.1 Å². The van der Waals surface area contributed by atoms with E-state index in [0.29, 0.717) is 18.6 Å². The maximum Gasteiger partial charge on any atom is 0.405 e. The third-order valence-corrected chi connectivity index (χ3v) is 5.87. The minimum absolute atomic E-state index is 0.0122. The summed E-state index contributed by atoms with van der Waals surface area (Å²) in [5.74, 6) is 0.678. The summed E-state index contributed by atoms with van der Waals surface area (Å²) in [5, 5.41) is 6.14. The van der Waals surface area contributed by atoms with E-state index in [1.807, 2.05) is 0 Å². The molecule has 8 nitrogen and oxygen atoms in total. The van der Waals surface area contributed by atoms with Crippen LogP contribution < -0.4 is 20.1 Å². The average molecular weight is 518 g/mol. The largest absolute Gasteiger partial charge is 0.495 e. The number of benzene rings is 1. The van der Waals surface area contributed by atoms with Gasteiger partial charge in [0, 0.05) is 29.8 Å². The molecule has 3 aromatic rings. The van der Waals surface area contributed by atoms with Crippen LogP contribution in [0, 0.1) is 0 Å². The van der Waals surface area contributed by atoms with Crippen molar-refractivity contribution in [2.75, 3.05) is 44.6 Å². The quantitative estimate of drug-likeness (QED) is 0.442. The van der Waals surface area contributed by atoms with Gasteiger partial charge in [0.2, 0.25) is 5.95 Å². The van der Waals surface area contributed by atoms with Crippen molar-refractivity contribution in [1.29, 1.82) is 0 Å². The monoisotopic (exact) mass is 517 g/mol. The number of hydrogen-bond donors (Lipinski definition) is 2. The van der Waals surface area contributed by atoms with Gasteiger partial charge in [-0.15, -0.1) is 0 Å². The summed E-state index contributed by atoms with van der Waals surface area (Å²) in [6, 6.07) is 3.10. The second-order valence-electron chi connectivity index (χ2n) is 7.45. The Bertz CT molecular complexity index is 1180. The van der Waals surface area contributed by atoms with Gasteiger partial charge in [-0.1, -0.05) is 23.2 Å². The maximum absolute atomic E-state index is 13.0. The summed E-state index contributed by atoms with van der Waals surface area (Å²) in [6.45, 7) is -0.211. The van der Waals surface area contributed by atoms with E-state index >= 15 is 0 Å². The molecule has 0 spiro atoms. The van der Waals surface area contributed by atoms with Gasteiger partial charge in [-0.3, -0.25) is 0 Å². The molecular weight excluding hydrogens is 498 g/mol. The van der Waals surface area contributed by atoms with Crippen molar-refractivity contribution in [2.45, 2.75) is 18.6 Å². The molecule has 13 heteroatoms. The first-order chi connectivity index (χ1) is 16.2. The Hall–Kier alpha value is -2.76. The van der Waals surface area contributed by atoms with Crippen molar-refractivity contribution in [3.63, 3.8) is 0 Å². The number of halogens is 5. The zero-order valence-corrected chi connectivity index (χ0v) is 19.6. The molecule has 3 heterocycles. The standard InChI is InChI=1S/C21H20Cl2F3N5O3/c1-32-13-6-14(33-2)17(23)15(16(13)22)12-5-10-7-27-20(29-11-3-4-34-8-11)31-18(10)19(30-12)28-9-21(24,25)26/h5-7,11H,3-4,8-9H2,1-2H3,(H,28,30)(H,27,29,31). The maximum atomic E-state index is 13.0. The van der Waals surface area contributed by atoms with Gasteiger partial charge in [0.1, 0.15) is 23.6 Å². The molecule has 0 radical (unpaired) electrons. The number of anilines is 2.